The Hall–Kier alpha value is -3.85. The van der Waals surface area contributed by atoms with Gasteiger partial charge in [0.2, 0.25) is 11.9 Å². The van der Waals surface area contributed by atoms with Crippen molar-refractivity contribution in [3.05, 3.63) is 76.7 Å². The van der Waals surface area contributed by atoms with Gasteiger partial charge in [-0.3, -0.25) is 14.5 Å². The Balaban J connectivity index is 1.72. The number of amides is 2. The van der Waals surface area contributed by atoms with Gasteiger partial charge in [-0.2, -0.15) is 4.98 Å². The summed E-state index contributed by atoms with van der Waals surface area (Å²) in [4.78, 5) is 40.4. The number of aliphatic hydroxyl groups is 1. The molecule has 0 aliphatic carbocycles. The number of nitrogens with zero attached hydrogens (tertiary/aromatic N) is 5. The van der Waals surface area contributed by atoms with Crippen LogP contribution in [-0.2, 0) is 10.4 Å². The van der Waals surface area contributed by atoms with E-state index in [2.05, 4.69) is 4.98 Å². The van der Waals surface area contributed by atoms with E-state index in [1.807, 2.05) is 6.07 Å². The lowest BCUT2D eigenvalue weighted by Gasteiger charge is -2.37. The zero-order chi connectivity index (χ0) is 25.2. The molecule has 0 spiro atoms. The van der Waals surface area contributed by atoms with Crippen molar-refractivity contribution in [1.29, 1.82) is 0 Å². The number of halogens is 1. The molecule has 9 heteroatoms. The molecule has 2 aromatic carbocycles. The minimum Gasteiger partial charge on any atom is -0.386 e. The molecular formula is C26H26FN5O3. The van der Waals surface area contributed by atoms with Crippen LogP contribution >= 0.6 is 0 Å². The van der Waals surface area contributed by atoms with E-state index in [9.17, 15) is 19.1 Å². The predicted octanol–water partition coefficient (Wildman–Crippen LogP) is 3.39. The maximum absolute atomic E-state index is 13.9. The van der Waals surface area contributed by atoms with Crippen LogP contribution in [0.3, 0.4) is 0 Å². The summed E-state index contributed by atoms with van der Waals surface area (Å²) < 4.78 is 13.7. The Morgan fingerprint density at radius 1 is 1.06 bits per heavy atom. The highest BCUT2D eigenvalue weighted by Gasteiger charge is 2.44. The largest absolute Gasteiger partial charge is 0.386 e. The number of anilines is 3. The molecule has 3 aromatic rings. The number of hydrogen-bond donors (Lipinski definition) is 1. The summed E-state index contributed by atoms with van der Waals surface area (Å²) in [5.74, 6) is -0.150. The first kappa shape index (κ1) is 22.9. The van der Waals surface area contributed by atoms with Crippen LogP contribution < -0.4 is 14.7 Å². The van der Waals surface area contributed by atoms with Gasteiger partial charge in [0, 0.05) is 14.1 Å². The molecule has 0 radical (unpaired) electrons. The van der Waals surface area contributed by atoms with E-state index in [4.69, 9.17) is 4.98 Å². The molecule has 2 amide bonds. The van der Waals surface area contributed by atoms with Crippen molar-refractivity contribution < 1.29 is 19.1 Å². The quantitative estimate of drug-likeness (QED) is 0.625. The number of fused-ring (bicyclic) bond motifs is 2. The monoisotopic (exact) mass is 475 g/mol. The number of likely N-dealkylation sites (N-methyl/N-ethyl adjacent to an activating group) is 2. The first-order chi connectivity index (χ1) is 16.5. The Bertz CT molecular complexity index is 1350. The Morgan fingerprint density at radius 2 is 1.74 bits per heavy atom. The van der Waals surface area contributed by atoms with Crippen LogP contribution in [0.5, 0.6) is 0 Å². The Kier molecular flexibility index (Phi) is 5.14. The molecule has 1 unspecified atom stereocenters. The SMILES string of the molecule is C[C@@H]1C(=O)N(C)c2cnc(N3C(=O)c4c(cccc4C(C)(C)O)C3c3ccc(F)cc3)nc2N1C. The molecule has 2 aliphatic heterocycles. The summed E-state index contributed by atoms with van der Waals surface area (Å²) in [6.45, 7) is 5.05. The normalized spacial score (nSPS) is 19.8. The molecule has 0 saturated heterocycles. The zero-order valence-corrected chi connectivity index (χ0v) is 20.2. The number of aromatic nitrogens is 2. The van der Waals surface area contributed by atoms with Gasteiger partial charge in [0.1, 0.15) is 17.5 Å². The lowest BCUT2D eigenvalue weighted by molar-refractivity contribution is -0.119. The third kappa shape index (κ3) is 3.46. The van der Waals surface area contributed by atoms with Crippen molar-refractivity contribution in [1.82, 2.24) is 9.97 Å². The van der Waals surface area contributed by atoms with E-state index >= 15 is 0 Å². The number of benzene rings is 2. The molecule has 35 heavy (non-hydrogen) atoms. The molecule has 1 aromatic heterocycles. The van der Waals surface area contributed by atoms with Crippen molar-refractivity contribution in [2.75, 3.05) is 28.8 Å². The molecule has 8 nitrogen and oxygen atoms in total. The van der Waals surface area contributed by atoms with Crippen molar-refractivity contribution in [3.8, 4) is 0 Å². The summed E-state index contributed by atoms with van der Waals surface area (Å²) in [6, 6.07) is 10.3. The van der Waals surface area contributed by atoms with Crippen LogP contribution in [-0.4, -0.2) is 47.0 Å². The van der Waals surface area contributed by atoms with E-state index in [1.54, 1.807) is 64.0 Å². The minimum atomic E-state index is -1.26. The molecule has 180 valence electrons. The molecule has 1 N–H and O–H groups in total. The van der Waals surface area contributed by atoms with Gasteiger partial charge in [-0.15, -0.1) is 0 Å². The van der Waals surface area contributed by atoms with Crippen molar-refractivity contribution in [2.24, 2.45) is 0 Å². The van der Waals surface area contributed by atoms with Gasteiger partial charge in [-0.05, 0) is 49.6 Å². The number of carbonyl (C=O) groups excluding carboxylic acids is 2. The maximum Gasteiger partial charge on any atom is 0.262 e. The summed E-state index contributed by atoms with van der Waals surface area (Å²) in [6.07, 6.45) is 1.53. The van der Waals surface area contributed by atoms with Crippen LogP contribution in [0.25, 0.3) is 0 Å². The van der Waals surface area contributed by atoms with Gasteiger partial charge in [0.25, 0.3) is 5.91 Å². The fourth-order valence-corrected chi connectivity index (χ4v) is 4.82. The summed E-state index contributed by atoms with van der Waals surface area (Å²) in [5, 5.41) is 10.8. The Labute approximate surface area is 202 Å². The minimum absolute atomic E-state index is 0.0833. The van der Waals surface area contributed by atoms with Gasteiger partial charge in [0.15, 0.2) is 5.82 Å². The average Bonchev–Trinajstić information content (AvgIpc) is 3.13. The molecule has 2 atom stereocenters. The number of rotatable bonds is 3. The lowest BCUT2D eigenvalue weighted by atomic mass is 9.88. The second-order valence-electron chi connectivity index (χ2n) is 9.52. The van der Waals surface area contributed by atoms with E-state index < -0.39 is 17.7 Å². The summed E-state index contributed by atoms with van der Waals surface area (Å²) in [5.41, 5.74) is 1.51. The third-order valence-electron chi connectivity index (χ3n) is 6.84. The topological polar surface area (TPSA) is 89.9 Å². The number of hydrogen-bond acceptors (Lipinski definition) is 6. The first-order valence-electron chi connectivity index (χ1n) is 11.3. The third-order valence-corrected chi connectivity index (χ3v) is 6.84. The van der Waals surface area contributed by atoms with Gasteiger partial charge >= 0.3 is 0 Å². The Morgan fingerprint density at radius 3 is 2.40 bits per heavy atom. The molecule has 5 rings (SSSR count). The van der Waals surface area contributed by atoms with Crippen molar-refractivity contribution >= 4 is 29.3 Å². The van der Waals surface area contributed by atoms with Crippen molar-refractivity contribution in [2.45, 2.75) is 38.5 Å². The van der Waals surface area contributed by atoms with Crippen LogP contribution in [0.2, 0.25) is 0 Å². The lowest BCUT2D eigenvalue weighted by Crippen LogP contribution is -2.49. The fraction of sp³-hybridized carbons (Fsp3) is 0.308. The summed E-state index contributed by atoms with van der Waals surface area (Å²) >= 11 is 0. The highest BCUT2D eigenvalue weighted by atomic mass is 19.1. The van der Waals surface area contributed by atoms with Crippen LogP contribution in [0, 0.1) is 5.82 Å². The fourth-order valence-electron chi connectivity index (χ4n) is 4.82. The highest BCUT2D eigenvalue weighted by Crippen LogP contribution is 2.44. The molecule has 0 saturated carbocycles. The highest BCUT2D eigenvalue weighted by molar-refractivity contribution is 6.12. The van der Waals surface area contributed by atoms with Crippen LogP contribution in [0.1, 0.15) is 53.9 Å². The van der Waals surface area contributed by atoms with Crippen LogP contribution in [0.15, 0.2) is 48.7 Å². The maximum atomic E-state index is 13.9. The smallest absolute Gasteiger partial charge is 0.262 e. The number of carbonyl (C=O) groups is 2. The molecule has 3 heterocycles. The molecular weight excluding hydrogens is 449 g/mol. The first-order valence-corrected chi connectivity index (χ1v) is 11.3. The second-order valence-corrected chi connectivity index (χ2v) is 9.52. The van der Waals surface area contributed by atoms with E-state index in [0.717, 1.165) is 0 Å². The second kappa shape index (κ2) is 7.84. The van der Waals surface area contributed by atoms with E-state index in [-0.39, 0.29) is 23.6 Å². The van der Waals surface area contributed by atoms with Crippen molar-refractivity contribution in [3.63, 3.8) is 0 Å². The van der Waals surface area contributed by atoms with E-state index in [0.29, 0.717) is 33.8 Å². The average molecular weight is 476 g/mol. The van der Waals surface area contributed by atoms with Gasteiger partial charge in [-0.1, -0.05) is 30.3 Å². The van der Waals surface area contributed by atoms with Crippen LogP contribution in [0.4, 0.5) is 21.8 Å². The van der Waals surface area contributed by atoms with Gasteiger partial charge in [0.05, 0.1) is 23.4 Å². The van der Waals surface area contributed by atoms with Gasteiger partial charge in [-0.25, -0.2) is 9.37 Å². The predicted molar refractivity (Wildman–Crippen MR) is 130 cm³/mol. The van der Waals surface area contributed by atoms with E-state index in [1.165, 1.54) is 28.1 Å². The zero-order valence-electron chi connectivity index (χ0n) is 20.2. The standard InChI is InChI=1S/C26H26FN5O3/c1-14-23(33)31(5)19-13-28-25(29-22(19)30(14)4)32-21(15-9-11-16(27)12-10-15)17-7-6-8-18(26(2,3)35)20(17)24(32)34/h6-14,21,35H,1-5H3/t14-,21?/m1/s1. The van der Waals surface area contributed by atoms with Gasteiger partial charge < -0.3 is 14.9 Å². The molecule has 0 fully saturated rings. The molecule has 0 bridgehead atoms. The molecule has 2 aliphatic rings. The summed E-state index contributed by atoms with van der Waals surface area (Å²) in [7, 11) is 3.44.